The van der Waals surface area contributed by atoms with Gasteiger partial charge in [-0.3, -0.25) is 4.90 Å². The number of nitrogens with zero attached hydrogens (tertiary/aromatic N) is 4. The van der Waals surface area contributed by atoms with Crippen molar-refractivity contribution >= 4 is 5.95 Å². The first-order valence-corrected chi connectivity index (χ1v) is 9.02. The number of aromatic nitrogens is 2. The highest BCUT2D eigenvalue weighted by Crippen LogP contribution is 2.27. The molecule has 2 atom stereocenters. The van der Waals surface area contributed by atoms with Gasteiger partial charge in [-0.25, -0.2) is 18.7 Å². The number of rotatable bonds is 4. The topological polar surface area (TPSA) is 41.5 Å². The number of anilines is 1. The highest BCUT2D eigenvalue weighted by molar-refractivity contribution is 5.30. The predicted octanol–water partition coefficient (Wildman–Crippen LogP) is 2.73. The third-order valence-corrected chi connectivity index (χ3v) is 5.19. The van der Waals surface area contributed by atoms with E-state index in [1.807, 2.05) is 0 Å². The summed E-state index contributed by atoms with van der Waals surface area (Å²) < 4.78 is 31.8. The fourth-order valence-electron chi connectivity index (χ4n) is 3.79. The van der Waals surface area contributed by atoms with Crippen molar-refractivity contribution in [2.24, 2.45) is 5.92 Å². The fraction of sp³-hybridized carbons (Fsp3) is 0.474. The maximum atomic E-state index is 13.0. The summed E-state index contributed by atoms with van der Waals surface area (Å²) in [4.78, 5) is 12.8. The van der Waals surface area contributed by atoms with Gasteiger partial charge in [0.05, 0.1) is 19.0 Å². The molecular formula is C19H22F2N4O. The summed E-state index contributed by atoms with van der Waals surface area (Å²) in [6, 6.07) is 6.65. The standard InChI is InChI=1S/C19H22F2N4O/c20-15-2-5-18(6-3-15)26-13-14-1-4-17-12-25(8-7-24(17)11-14)19-22-9-16(21)10-23-19/h2-3,5-6,9-10,14,17H,1,4,7-8,11-13H2/t14-,17?/m1/s1. The molecule has 7 heteroatoms. The Labute approximate surface area is 151 Å². The van der Waals surface area contributed by atoms with Crippen LogP contribution in [0.4, 0.5) is 14.7 Å². The number of ether oxygens (including phenoxy) is 1. The Bertz CT molecular complexity index is 725. The van der Waals surface area contributed by atoms with E-state index in [2.05, 4.69) is 19.8 Å². The monoisotopic (exact) mass is 360 g/mol. The summed E-state index contributed by atoms with van der Waals surface area (Å²) in [5.74, 6) is 1.14. The van der Waals surface area contributed by atoms with Crippen LogP contribution in [0.2, 0.25) is 0 Å². The zero-order chi connectivity index (χ0) is 17.9. The lowest BCUT2D eigenvalue weighted by Gasteiger charge is -2.46. The molecule has 0 saturated carbocycles. The van der Waals surface area contributed by atoms with Crippen LogP contribution in [-0.4, -0.2) is 53.7 Å². The molecule has 0 spiro atoms. The highest BCUT2D eigenvalue weighted by Gasteiger charge is 2.33. The minimum atomic E-state index is -0.408. The number of hydrogen-bond donors (Lipinski definition) is 0. The van der Waals surface area contributed by atoms with Crippen LogP contribution in [0, 0.1) is 17.6 Å². The lowest BCUT2D eigenvalue weighted by molar-refractivity contribution is 0.0725. The number of benzene rings is 1. The minimum absolute atomic E-state index is 0.249. The molecule has 0 radical (unpaired) electrons. The molecule has 26 heavy (non-hydrogen) atoms. The predicted molar refractivity (Wildman–Crippen MR) is 94.2 cm³/mol. The van der Waals surface area contributed by atoms with E-state index in [-0.39, 0.29) is 5.82 Å². The first-order valence-electron chi connectivity index (χ1n) is 9.02. The van der Waals surface area contributed by atoms with Crippen molar-refractivity contribution in [3.8, 4) is 5.75 Å². The Kier molecular flexibility index (Phi) is 4.97. The molecule has 2 aliphatic rings. The van der Waals surface area contributed by atoms with Crippen LogP contribution in [0.25, 0.3) is 0 Å². The molecule has 5 nitrogen and oxygen atoms in total. The van der Waals surface area contributed by atoms with Gasteiger partial charge in [0.1, 0.15) is 11.6 Å². The van der Waals surface area contributed by atoms with Crippen molar-refractivity contribution < 1.29 is 13.5 Å². The second-order valence-electron chi connectivity index (χ2n) is 7.00. The van der Waals surface area contributed by atoms with Gasteiger partial charge in [-0.1, -0.05) is 0 Å². The summed E-state index contributed by atoms with van der Waals surface area (Å²) >= 11 is 0. The van der Waals surface area contributed by atoms with Crippen LogP contribution in [-0.2, 0) is 0 Å². The molecule has 138 valence electrons. The molecular weight excluding hydrogens is 338 g/mol. The maximum absolute atomic E-state index is 13.0. The number of piperidine rings is 1. The molecule has 0 amide bonds. The summed E-state index contributed by atoms with van der Waals surface area (Å²) in [5.41, 5.74) is 0. The Balaban J connectivity index is 1.29. The zero-order valence-electron chi connectivity index (χ0n) is 14.5. The normalized spacial score (nSPS) is 23.5. The third-order valence-electron chi connectivity index (χ3n) is 5.19. The van der Waals surface area contributed by atoms with Crippen LogP contribution in [0.15, 0.2) is 36.7 Å². The molecule has 2 aromatic rings. The molecule has 0 N–H and O–H groups in total. The van der Waals surface area contributed by atoms with Crippen molar-refractivity contribution in [3.63, 3.8) is 0 Å². The van der Waals surface area contributed by atoms with Crippen LogP contribution in [0.5, 0.6) is 5.75 Å². The van der Waals surface area contributed by atoms with Gasteiger partial charge < -0.3 is 9.64 Å². The van der Waals surface area contributed by atoms with Gasteiger partial charge in [-0.05, 0) is 37.1 Å². The van der Waals surface area contributed by atoms with Crippen molar-refractivity contribution in [2.75, 3.05) is 37.7 Å². The van der Waals surface area contributed by atoms with Crippen LogP contribution >= 0.6 is 0 Å². The van der Waals surface area contributed by atoms with E-state index in [0.717, 1.165) is 39.0 Å². The largest absolute Gasteiger partial charge is 0.493 e. The van der Waals surface area contributed by atoms with E-state index in [9.17, 15) is 8.78 Å². The van der Waals surface area contributed by atoms with Crippen molar-refractivity contribution in [1.82, 2.24) is 14.9 Å². The molecule has 1 aromatic carbocycles. The van der Waals surface area contributed by atoms with Gasteiger partial charge in [0.15, 0.2) is 5.82 Å². The van der Waals surface area contributed by atoms with E-state index in [1.165, 1.54) is 24.5 Å². The molecule has 4 rings (SSSR count). The number of fused-ring (bicyclic) bond motifs is 1. The van der Waals surface area contributed by atoms with Gasteiger partial charge in [0.25, 0.3) is 0 Å². The summed E-state index contributed by atoms with van der Waals surface area (Å²) in [7, 11) is 0. The van der Waals surface area contributed by atoms with Gasteiger partial charge in [-0.2, -0.15) is 0 Å². The Hall–Kier alpha value is -2.28. The molecule has 1 aromatic heterocycles. The molecule has 0 aliphatic carbocycles. The van der Waals surface area contributed by atoms with Crippen LogP contribution in [0.1, 0.15) is 12.8 Å². The summed E-state index contributed by atoms with van der Waals surface area (Å²) in [6.45, 7) is 4.31. The number of hydrogen-bond acceptors (Lipinski definition) is 5. The van der Waals surface area contributed by atoms with Gasteiger partial charge in [-0.15, -0.1) is 0 Å². The molecule has 3 heterocycles. The molecule has 2 saturated heterocycles. The van der Waals surface area contributed by atoms with E-state index in [0.29, 0.717) is 30.3 Å². The smallest absolute Gasteiger partial charge is 0.225 e. The summed E-state index contributed by atoms with van der Waals surface area (Å²) in [6.07, 6.45) is 4.63. The maximum Gasteiger partial charge on any atom is 0.225 e. The van der Waals surface area contributed by atoms with Crippen molar-refractivity contribution in [1.29, 1.82) is 0 Å². The first kappa shape index (κ1) is 17.1. The van der Waals surface area contributed by atoms with Crippen LogP contribution in [0.3, 0.4) is 0 Å². The van der Waals surface area contributed by atoms with E-state index in [1.54, 1.807) is 12.1 Å². The molecule has 1 unspecified atom stereocenters. The lowest BCUT2D eigenvalue weighted by Crippen LogP contribution is -2.57. The average Bonchev–Trinajstić information content (AvgIpc) is 2.67. The van der Waals surface area contributed by atoms with E-state index < -0.39 is 5.82 Å². The van der Waals surface area contributed by atoms with Gasteiger partial charge >= 0.3 is 0 Å². The summed E-state index contributed by atoms with van der Waals surface area (Å²) in [5, 5.41) is 0. The van der Waals surface area contributed by atoms with E-state index >= 15 is 0 Å². The number of piperazine rings is 1. The minimum Gasteiger partial charge on any atom is -0.493 e. The zero-order valence-corrected chi connectivity index (χ0v) is 14.5. The van der Waals surface area contributed by atoms with Crippen molar-refractivity contribution in [3.05, 3.63) is 48.3 Å². The van der Waals surface area contributed by atoms with Gasteiger partial charge in [0.2, 0.25) is 5.95 Å². The lowest BCUT2D eigenvalue weighted by atomic mass is 9.91. The second-order valence-corrected chi connectivity index (χ2v) is 7.00. The first-order chi connectivity index (χ1) is 12.7. The Morgan fingerprint density at radius 1 is 0.962 bits per heavy atom. The number of halogens is 2. The fourth-order valence-corrected chi connectivity index (χ4v) is 3.79. The average molecular weight is 360 g/mol. The Morgan fingerprint density at radius 3 is 2.50 bits per heavy atom. The second kappa shape index (κ2) is 7.53. The van der Waals surface area contributed by atoms with Gasteiger partial charge in [0, 0.05) is 38.1 Å². The highest BCUT2D eigenvalue weighted by atomic mass is 19.1. The van der Waals surface area contributed by atoms with Crippen LogP contribution < -0.4 is 9.64 Å². The van der Waals surface area contributed by atoms with Crippen molar-refractivity contribution in [2.45, 2.75) is 18.9 Å². The SMILES string of the molecule is Fc1ccc(OC[C@@H]2CCC3CN(c4ncc(F)cn4)CCN3C2)cc1. The van der Waals surface area contributed by atoms with E-state index in [4.69, 9.17) is 4.74 Å². The molecule has 2 fully saturated rings. The molecule has 0 bridgehead atoms. The Morgan fingerprint density at radius 2 is 1.73 bits per heavy atom. The third kappa shape index (κ3) is 3.93. The quantitative estimate of drug-likeness (QED) is 0.839. The molecule has 2 aliphatic heterocycles.